The molecule has 1 unspecified atom stereocenters. The standard InChI is InChI=1S/C10H10N2O3/c11-9(14)5-12-10(15)8-4-2-1-3-7(8)6-13/h1-6,9,14H,11H2. The van der Waals surface area contributed by atoms with E-state index in [1.807, 2.05) is 0 Å². The van der Waals surface area contributed by atoms with E-state index in [1.54, 1.807) is 12.1 Å². The van der Waals surface area contributed by atoms with Crippen LogP contribution in [0, 0.1) is 0 Å². The number of carbonyl (C=O) groups is 2. The van der Waals surface area contributed by atoms with Gasteiger partial charge in [-0.05, 0) is 6.07 Å². The minimum Gasteiger partial charge on any atom is -0.374 e. The quantitative estimate of drug-likeness (QED) is 0.413. The second-order valence-electron chi connectivity index (χ2n) is 2.78. The summed E-state index contributed by atoms with van der Waals surface area (Å²) in [5, 5.41) is 8.68. The third-order valence-corrected chi connectivity index (χ3v) is 1.66. The van der Waals surface area contributed by atoms with Gasteiger partial charge >= 0.3 is 0 Å². The van der Waals surface area contributed by atoms with Crippen molar-refractivity contribution in [3.05, 3.63) is 35.4 Å². The Morgan fingerprint density at radius 3 is 2.73 bits per heavy atom. The number of amides is 1. The number of aliphatic hydroxyl groups excluding tert-OH is 1. The lowest BCUT2D eigenvalue weighted by atomic mass is 10.1. The van der Waals surface area contributed by atoms with Crippen molar-refractivity contribution in [2.24, 2.45) is 10.7 Å². The number of hydrogen-bond acceptors (Lipinski definition) is 4. The molecule has 0 saturated carbocycles. The average Bonchev–Trinajstić information content (AvgIpc) is 2.25. The Hall–Kier alpha value is -1.85. The van der Waals surface area contributed by atoms with Crippen molar-refractivity contribution < 1.29 is 14.7 Å². The lowest BCUT2D eigenvalue weighted by molar-refractivity contribution is 0.0994. The van der Waals surface area contributed by atoms with Crippen molar-refractivity contribution >= 4 is 18.4 Å². The molecule has 0 spiro atoms. The highest BCUT2D eigenvalue weighted by Crippen LogP contribution is 2.07. The molecule has 1 aromatic carbocycles. The zero-order chi connectivity index (χ0) is 11.3. The van der Waals surface area contributed by atoms with Gasteiger partial charge in [-0.1, -0.05) is 18.2 Å². The van der Waals surface area contributed by atoms with Gasteiger partial charge in [0, 0.05) is 5.56 Å². The van der Waals surface area contributed by atoms with Crippen molar-refractivity contribution in [1.82, 2.24) is 0 Å². The van der Waals surface area contributed by atoms with Crippen LogP contribution in [-0.4, -0.2) is 29.7 Å². The number of nitrogens with zero attached hydrogens (tertiary/aromatic N) is 1. The van der Waals surface area contributed by atoms with Gasteiger partial charge in [0.2, 0.25) is 0 Å². The Labute approximate surface area is 86.2 Å². The van der Waals surface area contributed by atoms with Crippen LogP contribution in [0.3, 0.4) is 0 Å². The molecule has 0 aliphatic heterocycles. The van der Waals surface area contributed by atoms with E-state index in [2.05, 4.69) is 4.99 Å². The molecule has 78 valence electrons. The van der Waals surface area contributed by atoms with E-state index in [0.29, 0.717) is 6.29 Å². The topological polar surface area (TPSA) is 92.8 Å². The first-order valence-corrected chi connectivity index (χ1v) is 4.21. The maximum absolute atomic E-state index is 11.4. The molecule has 0 fully saturated rings. The zero-order valence-electron chi connectivity index (χ0n) is 7.83. The van der Waals surface area contributed by atoms with Crippen LogP contribution in [0.4, 0.5) is 0 Å². The largest absolute Gasteiger partial charge is 0.374 e. The van der Waals surface area contributed by atoms with Gasteiger partial charge < -0.3 is 10.8 Å². The van der Waals surface area contributed by atoms with E-state index < -0.39 is 12.1 Å². The fourth-order valence-electron chi connectivity index (χ4n) is 1.01. The molecule has 1 atom stereocenters. The van der Waals surface area contributed by atoms with Crippen molar-refractivity contribution in [3.8, 4) is 0 Å². The molecule has 0 aliphatic carbocycles. The van der Waals surface area contributed by atoms with Crippen LogP contribution in [0.2, 0.25) is 0 Å². The molecule has 0 saturated heterocycles. The first-order valence-electron chi connectivity index (χ1n) is 4.21. The molecule has 0 aromatic heterocycles. The van der Waals surface area contributed by atoms with Gasteiger partial charge in [-0.25, -0.2) is 4.99 Å². The lowest BCUT2D eigenvalue weighted by Crippen LogP contribution is -2.20. The second kappa shape index (κ2) is 5.14. The van der Waals surface area contributed by atoms with Gasteiger partial charge in [0.25, 0.3) is 5.91 Å². The maximum atomic E-state index is 11.4. The van der Waals surface area contributed by atoms with Crippen molar-refractivity contribution in [1.29, 1.82) is 0 Å². The molecule has 5 heteroatoms. The summed E-state index contributed by atoms with van der Waals surface area (Å²) in [6.07, 6.45) is 0.197. The highest BCUT2D eigenvalue weighted by Gasteiger charge is 2.08. The van der Waals surface area contributed by atoms with E-state index in [4.69, 9.17) is 10.8 Å². The van der Waals surface area contributed by atoms with Gasteiger partial charge in [0.05, 0.1) is 11.8 Å². The monoisotopic (exact) mass is 206 g/mol. The van der Waals surface area contributed by atoms with Crippen LogP contribution < -0.4 is 5.73 Å². The van der Waals surface area contributed by atoms with Crippen LogP contribution in [0.1, 0.15) is 20.7 Å². The molecule has 0 heterocycles. The summed E-state index contributed by atoms with van der Waals surface area (Å²) in [6, 6.07) is 6.25. The Bertz CT molecular complexity index is 399. The molecule has 15 heavy (non-hydrogen) atoms. The number of carbonyl (C=O) groups excluding carboxylic acids is 2. The van der Waals surface area contributed by atoms with Gasteiger partial charge in [-0.2, -0.15) is 0 Å². The normalized spacial score (nSPS) is 12.7. The van der Waals surface area contributed by atoms with E-state index in [-0.39, 0.29) is 11.1 Å². The summed E-state index contributed by atoms with van der Waals surface area (Å²) >= 11 is 0. The number of benzene rings is 1. The van der Waals surface area contributed by atoms with E-state index in [1.165, 1.54) is 12.1 Å². The van der Waals surface area contributed by atoms with E-state index in [0.717, 1.165) is 6.21 Å². The minimum absolute atomic E-state index is 0.185. The Kier molecular flexibility index (Phi) is 3.84. The van der Waals surface area contributed by atoms with Gasteiger partial charge in [0.15, 0.2) is 6.29 Å². The second-order valence-corrected chi connectivity index (χ2v) is 2.78. The minimum atomic E-state index is -1.28. The van der Waals surface area contributed by atoms with Crippen LogP contribution >= 0.6 is 0 Å². The van der Waals surface area contributed by atoms with Crippen molar-refractivity contribution in [3.63, 3.8) is 0 Å². The zero-order valence-corrected chi connectivity index (χ0v) is 7.83. The highest BCUT2D eigenvalue weighted by atomic mass is 16.3. The third-order valence-electron chi connectivity index (χ3n) is 1.66. The molecule has 0 bridgehead atoms. The number of aliphatic imine (C=N–C) groups is 1. The first kappa shape index (κ1) is 11.2. The van der Waals surface area contributed by atoms with E-state index in [9.17, 15) is 9.59 Å². The van der Waals surface area contributed by atoms with Crippen LogP contribution in [0.25, 0.3) is 0 Å². The Morgan fingerprint density at radius 1 is 1.47 bits per heavy atom. The molecular weight excluding hydrogens is 196 g/mol. The van der Waals surface area contributed by atoms with Gasteiger partial charge in [-0.15, -0.1) is 0 Å². The maximum Gasteiger partial charge on any atom is 0.277 e. The van der Waals surface area contributed by atoms with Crippen LogP contribution in [-0.2, 0) is 0 Å². The molecule has 5 nitrogen and oxygen atoms in total. The number of hydrogen-bond donors (Lipinski definition) is 2. The van der Waals surface area contributed by atoms with Crippen LogP contribution in [0.15, 0.2) is 29.3 Å². The average molecular weight is 206 g/mol. The molecule has 1 amide bonds. The first-order chi connectivity index (χ1) is 7.15. The summed E-state index contributed by atoms with van der Waals surface area (Å²) in [5.74, 6) is -0.609. The number of aliphatic hydroxyl groups is 1. The molecule has 1 rings (SSSR count). The summed E-state index contributed by atoms with van der Waals surface area (Å²) in [7, 11) is 0. The Morgan fingerprint density at radius 2 is 2.13 bits per heavy atom. The number of aldehydes is 1. The van der Waals surface area contributed by atoms with Crippen LogP contribution in [0.5, 0.6) is 0 Å². The predicted molar refractivity (Wildman–Crippen MR) is 54.8 cm³/mol. The molecule has 1 aromatic rings. The molecule has 3 N–H and O–H groups in total. The fraction of sp³-hybridized carbons (Fsp3) is 0.100. The SMILES string of the molecule is NC(O)C=NC(=O)c1ccccc1C=O. The van der Waals surface area contributed by atoms with Crippen molar-refractivity contribution in [2.45, 2.75) is 6.23 Å². The predicted octanol–water partition coefficient (Wildman–Crippen LogP) is -0.0128. The molecular formula is C10H10N2O3. The molecule has 0 aliphatic rings. The van der Waals surface area contributed by atoms with Crippen molar-refractivity contribution in [2.75, 3.05) is 0 Å². The Balaban J connectivity index is 2.96. The van der Waals surface area contributed by atoms with E-state index >= 15 is 0 Å². The number of rotatable bonds is 3. The smallest absolute Gasteiger partial charge is 0.277 e. The summed E-state index contributed by atoms with van der Waals surface area (Å²) in [4.78, 5) is 25.4. The third kappa shape index (κ3) is 3.08. The highest BCUT2D eigenvalue weighted by molar-refractivity contribution is 6.04. The van der Waals surface area contributed by atoms with Gasteiger partial charge in [0.1, 0.15) is 6.23 Å². The summed E-state index contributed by atoms with van der Waals surface area (Å²) in [5.41, 5.74) is 5.41. The number of nitrogens with two attached hydrogens (primary N) is 1. The molecule has 0 radical (unpaired) electrons. The van der Waals surface area contributed by atoms with Gasteiger partial charge in [-0.3, -0.25) is 9.59 Å². The lowest BCUT2D eigenvalue weighted by Gasteiger charge is -1.99. The summed E-state index contributed by atoms with van der Waals surface area (Å²) in [6.45, 7) is 0. The fourth-order valence-corrected chi connectivity index (χ4v) is 1.01. The summed E-state index contributed by atoms with van der Waals surface area (Å²) < 4.78 is 0.